The average Bonchev–Trinajstić information content (AvgIpc) is 3.24. The van der Waals surface area contributed by atoms with Crippen LogP contribution in [0.4, 0.5) is 5.69 Å². The van der Waals surface area contributed by atoms with Gasteiger partial charge in [0.2, 0.25) is 0 Å². The predicted molar refractivity (Wildman–Crippen MR) is 159 cm³/mol. The summed E-state index contributed by atoms with van der Waals surface area (Å²) in [6.07, 6.45) is 1.60. The van der Waals surface area contributed by atoms with Crippen LogP contribution in [0.3, 0.4) is 0 Å². The van der Waals surface area contributed by atoms with Gasteiger partial charge >= 0.3 is 0 Å². The van der Waals surface area contributed by atoms with Gasteiger partial charge in [0.15, 0.2) is 16.3 Å². The molecule has 0 fully saturated rings. The summed E-state index contributed by atoms with van der Waals surface area (Å²) in [5, 5.41) is 13.6. The summed E-state index contributed by atoms with van der Waals surface area (Å²) in [6, 6.07) is 19.1. The van der Waals surface area contributed by atoms with Gasteiger partial charge in [-0.05, 0) is 61.9 Å². The number of nitrogens with one attached hydrogen (secondary N) is 1. The molecule has 0 spiro atoms. The van der Waals surface area contributed by atoms with Crippen molar-refractivity contribution in [2.75, 3.05) is 19.0 Å². The van der Waals surface area contributed by atoms with Crippen molar-refractivity contribution in [3.05, 3.63) is 113 Å². The van der Waals surface area contributed by atoms with Gasteiger partial charge in [-0.1, -0.05) is 57.6 Å². The fourth-order valence-electron chi connectivity index (χ4n) is 4.56. The zero-order valence-electron chi connectivity index (χ0n) is 22.0. The Morgan fingerprint density at radius 2 is 1.90 bits per heavy atom. The SMILES string of the molecule is CCOc1ccc([C@@H]2C(C(=O)Nc3ccccc3)=C(C)N=c3s/c(=C\c4cc(Br)cc(OC)c4O)c(=O)n32)cc1. The molecule has 0 radical (unpaired) electrons. The number of phenolic OH excluding ortho intramolecular Hbond substituents is 1. The number of aromatic nitrogens is 1. The number of halogens is 1. The molecule has 1 aliphatic rings. The molecule has 1 atom stereocenters. The summed E-state index contributed by atoms with van der Waals surface area (Å²) in [4.78, 5) is 32.7. The number of methoxy groups -OCH3 is 1. The highest BCUT2D eigenvalue weighted by Crippen LogP contribution is 2.34. The van der Waals surface area contributed by atoms with Gasteiger partial charge < -0.3 is 19.9 Å². The van der Waals surface area contributed by atoms with Crippen molar-refractivity contribution in [3.63, 3.8) is 0 Å². The maximum Gasteiger partial charge on any atom is 0.271 e. The van der Waals surface area contributed by atoms with Gasteiger partial charge in [-0.3, -0.25) is 14.2 Å². The number of ether oxygens (including phenoxy) is 2. The zero-order valence-corrected chi connectivity index (χ0v) is 24.4. The highest BCUT2D eigenvalue weighted by atomic mass is 79.9. The molecule has 40 heavy (non-hydrogen) atoms. The Balaban J connectivity index is 1.68. The number of carbonyl (C=O) groups excluding carboxylic acids is 1. The van der Waals surface area contributed by atoms with Crippen molar-refractivity contribution in [1.82, 2.24) is 4.57 Å². The fourth-order valence-corrected chi connectivity index (χ4v) is 6.05. The van der Waals surface area contributed by atoms with Crippen molar-refractivity contribution in [3.8, 4) is 17.2 Å². The van der Waals surface area contributed by atoms with Crippen LogP contribution in [-0.4, -0.2) is 29.3 Å². The van der Waals surface area contributed by atoms with Crippen molar-refractivity contribution < 1.29 is 19.4 Å². The van der Waals surface area contributed by atoms with E-state index in [0.29, 0.717) is 48.7 Å². The van der Waals surface area contributed by atoms with Crippen molar-refractivity contribution in [1.29, 1.82) is 0 Å². The van der Waals surface area contributed by atoms with Crippen LogP contribution >= 0.6 is 27.3 Å². The van der Waals surface area contributed by atoms with Gasteiger partial charge in [0.1, 0.15) is 5.75 Å². The summed E-state index contributed by atoms with van der Waals surface area (Å²) in [5.41, 5.74) is 2.31. The van der Waals surface area contributed by atoms with Crippen LogP contribution in [0.1, 0.15) is 31.0 Å². The number of nitrogens with zero attached hydrogens (tertiary/aromatic N) is 2. The van der Waals surface area contributed by atoms with E-state index in [1.807, 2.05) is 49.4 Å². The lowest BCUT2D eigenvalue weighted by Crippen LogP contribution is -2.40. The molecule has 2 heterocycles. The maximum atomic E-state index is 13.9. The molecule has 4 aromatic rings. The first-order valence-corrected chi connectivity index (χ1v) is 14.1. The van der Waals surface area contributed by atoms with E-state index in [9.17, 15) is 14.7 Å². The lowest BCUT2D eigenvalue weighted by molar-refractivity contribution is -0.113. The predicted octanol–water partition coefficient (Wildman–Crippen LogP) is 4.75. The molecule has 1 aromatic heterocycles. The molecule has 8 nitrogen and oxygen atoms in total. The van der Waals surface area contributed by atoms with E-state index in [0.717, 1.165) is 5.56 Å². The quantitative estimate of drug-likeness (QED) is 0.311. The number of thiazole rings is 1. The Morgan fingerprint density at radius 1 is 1.18 bits per heavy atom. The molecule has 5 rings (SSSR count). The van der Waals surface area contributed by atoms with E-state index in [1.165, 1.54) is 23.0 Å². The van der Waals surface area contributed by atoms with Gasteiger partial charge in [-0.15, -0.1) is 0 Å². The van der Waals surface area contributed by atoms with E-state index in [4.69, 9.17) is 9.47 Å². The van der Waals surface area contributed by atoms with Gasteiger partial charge in [0.05, 0.1) is 35.6 Å². The van der Waals surface area contributed by atoms with Crippen LogP contribution in [0.25, 0.3) is 6.08 Å². The third-order valence-corrected chi connectivity index (χ3v) is 7.82. The lowest BCUT2D eigenvalue weighted by atomic mass is 9.95. The van der Waals surface area contributed by atoms with Gasteiger partial charge in [-0.2, -0.15) is 0 Å². The van der Waals surface area contributed by atoms with Gasteiger partial charge in [0, 0.05) is 15.7 Å². The van der Waals surface area contributed by atoms with Crippen LogP contribution in [-0.2, 0) is 4.79 Å². The Kier molecular flexibility index (Phi) is 7.90. The Morgan fingerprint density at radius 3 is 2.58 bits per heavy atom. The standard InChI is InChI=1S/C30H26BrN3O5S/c1-4-39-22-12-10-18(11-13-22)26-25(28(36)33-21-8-6-5-7-9-21)17(2)32-30-34(26)29(37)24(40-30)15-19-14-20(31)16-23(38-3)27(19)35/h5-16,26,35H,4H2,1-3H3,(H,33,36)/b24-15-/t26-/m1/s1. The molecule has 1 amide bonds. The molecular weight excluding hydrogens is 594 g/mol. The van der Waals surface area contributed by atoms with E-state index in [2.05, 4.69) is 26.2 Å². The first kappa shape index (κ1) is 27.4. The monoisotopic (exact) mass is 619 g/mol. The molecule has 0 aliphatic carbocycles. The Hall–Kier alpha value is -4.15. The van der Waals surface area contributed by atoms with Gasteiger partial charge in [0.25, 0.3) is 11.5 Å². The van der Waals surface area contributed by atoms with Crippen LogP contribution in [0, 0.1) is 0 Å². The first-order chi connectivity index (χ1) is 19.3. The highest BCUT2D eigenvalue weighted by Gasteiger charge is 2.32. The number of anilines is 1. The fraction of sp³-hybridized carbons (Fsp3) is 0.167. The lowest BCUT2D eigenvalue weighted by Gasteiger charge is -2.25. The maximum absolute atomic E-state index is 13.9. The second kappa shape index (κ2) is 11.5. The smallest absolute Gasteiger partial charge is 0.271 e. The number of carbonyl (C=O) groups is 1. The van der Waals surface area contributed by atoms with E-state index in [1.54, 1.807) is 37.3 Å². The number of hydrogen-bond acceptors (Lipinski definition) is 7. The summed E-state index contributed by atoms with van der Waals surface area (Å²) in [5.74, 6) is 0.527. The molecule has 204 valence electrons. The van der Waals surface area contributed by atoms with Crippen molar-refractivity contribution in [2.45, 2.75) is 19.9 Å². The van der Waals surface area contributed by atoms with E-state index >= 15 is 0 Å². The minimum Gasteiger partial charge on any atom is -0.504 e. The summed E-state index contributed by atoms with van der Waals surface area (Å²) in [6.45, 7) is 4.19. The molecular formula is C30H26BrN3O5S. The highest BCUT2D eigenvalue weighted by molar-refractivity contribution is 9.10. The Bertz CT molecular complexity index is 1790. The van der Waals surface area contributed by atoms with Crippen LogP contribution < -0.4 is 29.7 Å². The van der Waals surface area contributed by atoms with Crippen molar-refractivity contribution in [2.24, 2.45) is 4.99 Å². The Labute approximate surface area is 242 Å². The molecule has 0 saturated carbocycles. The number of benzene rings is 3. The zero-order chi connectivity index (χ0) is 28.4. The normalized spacial score (nSPS) is 14.9. The number of aromatic hydroxyl groups is 1. The largest absolute Gasteiger partial charge is 0.504 e. The number of amides is 1. The number of allylic oxidation sites excluding steroid dienone is 1. The topological polar surface area (TPSA) is 102 Å². The van der Waals surface area contributed by atoms with E-state index in [-0.39, 0.29) is 23.0 Å². The molecule has 0 saturated heterocycles. The van der Waals surface area contributed by atoms with E-state index < -0.39 is 6.04 Å². The van der Waals surface area contributed by atoms with Crippen LogP contribution in [0.15, 0.2) is 92.3 Å². The minimum absolute atomic E-state index is 0.0845. The summed E-state index contributed by atoms with van der Waals surface area (Å²) in [7, 11) is 1.46. The second-order valence-electron chi connectivity index (χ2n) is 8.95. The number of rotatable bonds is 7. The third-order valence-electron chi connectivity index (χ3n) is 6.38. The summed E-state index contributed by atoms with van der Waals surface area (Å²) < 4.78 is 13.4. The van der Waals surface area contributed by atoms with Crippen LogP contribution in [0.2, 0.25) is 0 Å². The molecule has 0 unspecified atom stereocenters. The molecule has 2 N–H and O–H groups in total. The molecule has 3 aromatic carbocycles. The molecule has 10 heteroatoms. The van der Waals surface area contributed by atoms with Gasteiger partial charge in [-0.25, -0.2) is 4.99 Å². The third kappa shape index (κ3) is 5.32. The molecule has 0 bridgehead atoms. The van der Waals surface area contributed by atoms with Crippen LogP contribution in [0.5, 0.6) is 17.2 Å². The number of para-hydroxylation sites is 1. The first-order valence-electron chi connectivity index (χ1n) is 12.5. The number of hydrogen-bond donors (Lipinski definition) is 2. The molecule has 1 aliphatic heterocycles. The second-order valence-corrected chi connectivity index (χ2v) is 10.9. The summed E-state index contributed by atoms with van der Waals surface area (Å²) >= 11 is 4.61. The number of phenols is 1. The minimum atomic E-state index is -0.733. The average molecular weight is 621 g/mol. The number of fused-ring (bicyclic) bond motifs is 1. The van der Waals surface area contributed by atoms with Crippen molar-refractivity contribution >= 4 is 44.9 Å².